The van der Waals surface area contributed by atoms with Crippen molar-refractivity contribution in [1.82, 2.24) is 10.2 Å². The van der Waals surface area contributed by atoms with Crippen molar-refractivity contribution in [1.29, 1.82) is 0 Å². The fourth-order valence-electron chi connectivity index (χ4n) is 1.93. The SMILES string of the molecule is CNCCC(C)N1CCCS(=O)(=O)CC1. The van der Waals surface area contributed by atoms with Gasteiger partial charge < -0.3 is 5.32 Å². The van der Waals surface area contributed by atoms with E-state index in [0.29, 0.717) is 24.1 Å². The maximum absolute atomic E-state index is 11.4. The third kappa shape index (κ3) is 4.49. The Bertz CT molecular complexity index is 277. The fourth-order valence-corrected chi connectivity index (χ4v) is 3.22. The minimum atomic E-state index is -2.76. The first-order valence-electron chi connectivity index (χ1n) is 5.64. The summed E-state index contributed by atoms with van der Waals surface area (Å²) >= 11 is 0. The summed E-state index contributed by atoms with van der Waals surface area (Å²) in [5.74, 6) is 0.694. The van der Waals surface area contributed by atoms with E-state index < -0.39 is 9.84 Å². The van der Waals surface area contributed by atoms with E-state index in [9.17, 15) is 8.42 Å². The molecule has 0 radical (unpaired) electrons. The highest BCUT2D eigenvalue weighted by Gasteiger charge is 2.21. The topological polar surface area (TPSA) is 49.4 Å². The second kappa shape index (κ2) is 5.82. The number of hydrogen-bond donors (Lipinski definition) is 1. The van der Waals surface area contributed by atoms with Crippen molar-refractivity contribution in [3.05, 3.63) is 0 Å². The normalized spacial score (nSPS) is 24.7. The van der Waals surface area contributed by atoms with E-state index >= 15 is 0 Å². The monoisotopic (exact) mass is 234 g/mol. The first-order valence-corrected chi connectivity index (χ1v) is 7.46. The summed E-state index contributed by atoms with van der Waals surface area (Å²) in [7, 11) is -0.819. The van der Waals surface area contributed by atoms with Crippen LogP contribution in [0, 0.1) is 0 Å². The van der Waals surface area contributed by atoms with Crippen molar-refractivity contribution in [2.75, 3.05) is 38.2 Å². The zero-order valence-corrected chi connectivity index (χ0v) is 10.5. The molecule has 5 heteroatoms. The van der Waals surface area contributed by atoms with Crippen LogP contribution in [0.15, 0.2) is 0 Å². The molecule has 4 nitrogen and oxygen atoms in total. The van der Waals surface area contributed by atoms with Gasteiger partial charge in [0.2, 0.25) is 0 Å². The zero-order chi connectivity index (χ0) is 11.3. The van der Waals surface area contributed by atoms with Crippen LogP contribution in [0.2, 0.25) is 0 Å². The van der Waals surface area contributed by atoms with Crippen molar-refractivity contribution < 1.29 is 8.42 Å². The standard InChI is InChI=1S/C10H22N2O2S/c1-10(4-5-11-2)12-6-3-8-15(13,14)9-7-12/h10-11H,3-9H2,1-2H3. The minimum Gasteiger partial charge on any atom is -0.320 e. The number of nitrogens with zero attached hydrogens (tertiary/aromatic N) is 1. The van der Waals surface area contributed by atoms with Gasteiger partial charge in [0.25, 0.3) is 0 Å². The Balaban J connectivity index is 2.43. The van der Waals surface area contributed by atoms with Crippen molar-refractivity contribution in [3.63, 3.8) is 0 Å². The molecule has 0 spiro atoms. The molecule has 1 unspecified atom stereocenters. The second-order valence-corrected chi connectivity index (χ2v) is 6.59. The molecular formula is C10H22N2O2S. The highest BCUT2D eigenvalue weighted by molar-refractivity contribution is 7.91. The van der Waals surface area contributed by atoms with E-state index in [2.05, 4.69) is 17.1 Å². The van der Waals surface area contributed by atoms with Crippen LogP contribution in [0.4, 0.5) is 0 Å². The second-order valence-electron chi connectivity index (χ2n) is 4.28. The Hall–Kier alpha value is -0.130. The summed E-state index contributed by atoms with van der Waals surface area (Å²) in [6, 6.07) is 0.478. The molecule has 0 amide bonds. The average molecular weight is 234 g/mol. The predicted molar refractivity (Wildman–Crippen MR) is 62.8 cm³/mol. The summed E-state index contributed by atoms with van der Waals surface area (Å²) in [5.41, 5.74) is 0. The number of sulfone groups is 1. The van der Waals surface area contributed by atoms with Crippen LogP contribution in [0.5, 0.6) is 0 Å². The molecule has 1 aliphatic rings. The number of hydrogen-bond acceptors (Lipinski definition) is 4. The molecule has 1 N–H and O–H groups in total. The molecule has 0 aliphatic carbocycles. The molecule has 90 valence electrons. The molecule has 1 rings (SSSR count). The van der Waals surface area contributed by atoms with Crippen LogP contribution >= 0.6 is 0 Å². The number of nitrogens with one attached hydrogen (secondary N) is 1. The van der Waals surface area contributed by atoms with Crippen LogP contribution in [0.25, 0.3) is 0 Å². The van der Waals surface area contributed by atoms with Crippen molar-refractivity contribution in [2.24, 2.45) is 0 Å². The lowest BCUT2D eigenvalue weighted by Crippen LogP contribution is -2.37. The summed E-state index contributed by atoms with van der Waals surface area (Å²) in [6.07, 6.45) is 1.86. The Morgan fingerprint density at radius 2 is 2.07 bits per heavy atom. The summed E-state index contributed by atoms with van der Waals surface area (Å²) in [4.78, 5) is 2.29. The molecular weight excluding hydrogens is 212 g/mol. The first kappa shape index (κ1) is 12.9. The van der Waals surface area contributed by atoms with Gasteiger partial charge >= 0.3 is 0 Å². The van der Waals surface area contributed by atoms with Gasteiger partial charge in [0, 0.05) is 12.6 Å². The molecule has 1 fully saturated rings. The molecule has 0 aromatic heterocycles. The Morgan fingerprint density at radius 1 is 1.33 bits per heavy atom. The van der Waals surface area contributed by atoms with Gasteiger partial charge in [0.15, 0.2) is 9.84 Å². The quantitative estimate of drug-likeness (QED) is 0.750. The third-order valence-corrected chi connectivity index (χ3v) is 4.74. The van der Waals surface area contributed by atoms with Gasteiger partial charge in [-0.25, -0.2) is 8.42 Å². The van der Waals surface area contributed by atoms with Crippen LogP contribution in [-0.4, -0.2) is 57.5 Å². The van der Waals surface area contributed by atoms with Gasteiger partial charge in [-0.15, -0.1) is 0 Å². The highest BCUT2D eigenvalue weighted by Crippen LogP contribution is 2.10. The van der Waals surface area contributed by atoms with Gasteiger partial charge in [0.05, 0.1) is 11.5 Å². The lowest BCUT2D eigenvalue weighted by molar-refractivity contribution is 0.215. The summed E-state index contributed by atoms with van der Waals surface area (Å²) in [6.45, 7) is 4.79. The van der Waals surface area contributed by atoms with Crippen molar-refractivity contribution in [2.45, 2.75) is 25.8 Å². The molecule has 0 aromatic rings. The van der Waals surface area contributed by atoms with Crippen molar-refractivity contribution in [3.8, 4) is 0 Å². The molecule has 15 heavy (non-hydrogen) atoms. The Kier molecular flexibility index (Phi) is 5.02. The maximum Gasteiger partial charge on any atom is 0.151 e. The molecule has 1 saturated heterocycles. The van der Waals surface area contributed by atoms with Gasteiger partial charge in [-0.1, -0.05) is 0 Å². The lowest BCUT2D eigenvalue weighted by Gasteiger charge is -2.26. The molecule has 1 aliphatic heterocycles. The smallest absolute Gasteiger partial charge is 0.151 e. The predicted octanol–water partition coefficient (Wildman–Crippen LogP) is 0.105. The van der Waals surface area contributed by atoms with E-state index in [-0.39, 0.29) is 0 Å². The zero-order valence-electron chi connectivity index (χ0n) is 9.70. The maximum atomic E-state index is 11.4. The largest absolute Gasteiger partial charge is 0.320 e. The Labute approximate surface area is 93.0 Å². The third-order valence-electron chi connectivity index (χ3n) is 3.03. The van der Waals surface area contributed by atoms with E-state index in [4.69, 9.17) is 0 Å². The van der Waals surface area contributed by atoms with Gasteiger partial charge in [-0.2, -0.15) is 0 Å². The number of rotatable bonds is 4. The molecule has 1 atom stereocenters. The van der Waals surface area contributed by atoms with Gasteiger partial charge in [-0.05, 0) is 39.9 Å². The highest BCUT2D eigenvalue weighted by atomic mass is 32.2. The average Bonchev–Trinajstić information content (AvgIpc) is 2.36. The van der Waals surface area contributed by atoms with E-state index in [1.165, 1.54) is 0 Å². The van der Waals surface area contributed by atoms with E-state index in [1.54, 1.807) is 0 Å². The van der Waals surface area contributed by atoms with Crippen LogP contribution in [-0.2, 0) is 9.84 Å². The Morgan fingerprint density at radius 3 is 2.73 bits per heavy atom. The first-order chi connectivity index (χ1) is 7.05. The molecule has 0 saturated carbocycles. The summed E-state index contributed by atoms with van der Waals surface area (Å²) < 4.78 is 22.8. The van der Waals surface area contributed by atoms with Crippen LogP contribution < -0.4 is 5.32 Å². The minimum absolute atomic E-state index is 0.330. The molecule has 0 aromatic carbocycles. The lowest BCUT2D eigenvalue weighted by atomic mass is 10.2. The van der Waals surface area contributed by atoms with E-state index in [0.717, 1.165) is 25.9 Å². The van der Waals surface area contributed by atoms with E-state index in [1.807, 2.05) is 7.05 Å². The molecule has 1 heterocycles. The van der Waals surface area contributed by atoms with Crippen molar-refractivity contribution >= 4 is 9.84 Å². The van der Waals surface area contributed by atoms with Crippen LogP contribution in [0.1, 0.15) is 19.8 Å². The fraction of sp³-hybridized carbons (Fsp3) is 1.00. The van der Waals surface area contributed by atoms with Gasteiger partial charge in [0.1, 0.15) is 0 Å². The van der Waals surface area contributed by atoms with Crippen LogP contribution in [0.3, 0.4) is 0 Å². The van der Waals surface area contributed by atoms with Gasteiger partial charge in [-0.3, -0.25) is 4.90 Å². The summed E-state index contributed by atoms with van der Waals surface area (Å²) in [5, 5.41) is 3.12. The molecule has 0 bridgehead atoms.